The predicted molar refractivity (Wildman–Crippen MR) is 66.7 cm³/mol. The molecule has 0 spiro atoms. The number of halogens is 1. The molecule has 2 rings (SSSR count). The van der Waals surface area contributed by atoms with Gasteiger partial charge in [0.1, 0.15) is 0 Å². The maximum absolute atomic E-state index is 10.2. The van der Waals surface area contributed by atoms with E-state index in [-0.39, 0.29) is 5.75 Å². The van der Waals surface area contributed by atoms with Crippen molar-refractivity contribution in [1.29, 1.82) is 0 Å². The van der Waals surface area contributed by atoms with Crippen LogP contribution >= 0.6 is 15.9 Å². The summed E-state index contributed by atoms with van der Waals surface area (Å²) in [5.74, 6) is 0.649. The summed E-state index contributed by atoms with van der Waals surface area (Å²) in [4.78, 5) is 0. The smallest absolute Gasteiger partial charge is 0.163 e. The Morgan fingerprint density at radius 2 is 2.00 bits per heavy atom. The van der Waals surface area contributed by atoms with Crippen LogP contribution < -0.4 is 10.5 Å². The average Bonchev–Trinajstić information content (AvgIpc) is 2.66. The molecule has 0 atom stereocenters. The Bertz CT molecular complexity index is 400. The van der Waals surface area contributed by atoms with Gasteiger partial charge in [0.15, 0.2) is 11.5 Å². The lowest BCUT2D eigenvalue weighted by Crippen LogP contribution is -2.33. The summed E-state index contributed by atoms with van der Waals surface area (Å²) in [6, 6.07) is 3.61. The van der Waals surface area contributed by atoms with Crippen molar-refractivity contribution in [3.8, 4) is 11.5 Å². The first-order valence-electron chi connectivity index (χ1n) is 5.43. The molecule has 0 radical (unpaired) electrons. The van der Waals surface area contributed by atoms with E-state index in [4.69, 9.17) is 10.5 Å². The number of aromatic hydroxyl groups is 1. The molecule has 3 N–H and O–H groups in total. The van der Waals surface area contributed by atoms with E-state index in [2.05, 4.69) is 15.9 Å². The summed E-state index contributed by atoms with van der Waals surface area (Å²) in [5.41, 5.74) is 6.72. The van der Waals surface area contributed by atoms with Crippen LogP contribution in [-0.2, 0) is 5.54 Å². The van der Waals surface area contributed by atoms with E-state index in [0.29, 0.717) is 5.75 Å². The van der Waals surface area contributed by atoms with Crippen molar-refractivity contribution in [2.24, 2.45) is 5.73 Å². The van der Waals surface area contributed by atoms with Crippen molar-refractivity contribution in [3.05, 3.63) is 22.2 Å². The third kappa shape index (κ3) is 1.80. The van der Waals surface area contributed by atoms with Crippen molar-refractivity contribution in [2.75, 3.05) is 7.11 Å². The fourth-order valence-corrected chi connectivity index (χ4v) is 3.16. The summed E-state index contributed by atoms with van der Waals surface area (Å²) in [7, 11) is 1.55. The molecule has 1 aliphatic carbocycles. The van der Waals surface area contributed by atoms with Gasteiger partial charge in [0.25, 0.3) is 0 Å². The average molecular weight is 286 g/mol. The summed E-state index contributed by atoms with van der Waals surface area (Å²) in [6.45, 7) is 0. The maximum Gasteiger partial charge on any atom is 0.163 e. The van der Waals surface area contributed by atoms with Crippen LogP contribution in [0.25, 0.3) is 0 Å². The number of nitrogens with two attached hydrogens (primary N) is 1. The molecule has 0 unspecified atom stereocenters. The number of rotatable bonds is 2. The minimum atomic E-state index is -0.419. The number of benzene rings is 1. The third-order valence-electron chi connectivity index (χ3n) is 3.30. The quantitative estimate of drug-likeness (QED) is 0.879. The Morgan fingerprint density at radius 1 is 1.38 bits per heavy atom. The number of phenols is 1. The van der Waals surface area contributed by atoms with Gasteiger partial charge in [0.2, 0.25) is 0 Å². The predicted octanol–water partition coefficient (Wildman–Crippen LogP) is 2.89. The fraction of sp³-hybridized carbons (Fsp3) is 0.500. The molecule has 88 valence electrons. The van der Waals surface area contributed by atoms with Gasteiger partial charge in [-0.1, -0.05) is 28.8 Å². The van der Waals surface area contributed by atoms with Gasteiger partial charge in [-0.3, -0.25) is 0 Å². The van der Waals surface area contributed by atoms with Crippen LogP contribution in [0.3, 0.4) is 0 Å². The lowest BCUT2D eigenvalue weighted by molar-refractivity contribution is 0.354. The minimum absolute atomic E-state index is 0.168. The highest BCUT2D eigenvalue weighted by Gasteiger charge is 2.36. The second-order valence-electron chi connectivity index (χ2n) is 4.34. The van der Waals surface area contributed by atoms with Crippen LogP contribution in [0.4, 0.5) is 0 Å². The van der Waals surface area contributed by atoms with Crippen LogP contribution in [0.15, 0.2) is 16.6 Å². The van der Waals surface area contributed by atoms with Crippen LogP contribution in [0, 0.1) is 0 Å². The summed E-state index contributed by atoms with van der Waals surface area (Å²) < 4.78 is 5.98. The first-order chi connectivity index (χ1) is 7.58. The molecule has 1 saturated carbocycles. The Balaban J connectivity index is 2.54. The fourth-order valence-electron chi connectivity index (χ4n) is 2.44. The topological polar surface area (TPSA) is 55.5 Å². The molecular weight excluding hydrogens is 270 g/mol. The van der Waals surface area contributed by atoms with Gasteiger partial charge in [0.05, 0.1) is 7.11 Å². The summed E-state index contributed by atoms with van der Waals surface area (Å²) >= 11 is 3.46. The van der Waals surface area contributed by atoms with E-state index >= 15 is 0 Å². The molecule has 0 saturated heterocycles. The second-order valence-corrected chi connectivity index (χ2v) is 5.19. The second kappa shape index (κ2) is 4.26. The Hall–Kier alpha value is -0.740. The van der Waals surface area contributed by atoms with Gasteiger partial charge in [-0.25, -0.2) is 0 Å². The lowest BCUT2D eigenvalue weighted by atomic mass is 9.88. The Labute approximate surface area is 104 Å². The molecule has 0 aliphatic heterocycles. The largest absolute Gasteiger partial charge is 0.504 e. The molecule has 3 nitrogen and oxygen atoms in total. The molecule has 0 amide bonds. The number of hydrogen-bond donors (Lipinski definition) is 2. The van der Waals surface area contributed by atoms with E-state index in [1.807, 2.05) is 6.07 Å². The molecule has 1 aliphatic rings. The highest BCUT2D eigenvalue weighted by atomic mass is 79.9. The Kier molecular flexibility index (Phi) is 3.13. The number of hydrogen-bond acceptors (Lipinski definition) is 3. The van der Waals surface area contributed by atoms with Crippen molar-refractivity contribution in [1.82, 2.24) is 0 Å². The van der Waals surface area contributed by atoms with Crippen molar-refractivity contribution in [2.45, 2.75) is 31.2 Å². The molecule has 16 heavy (non-hydrogen) atoms. The maximum atomic E-state index is 10.2. The highest BCUT2D eigenvalue weighted by molar-refractivity contribution is 9.10. The van der Waals surface area contributed by atoms with E-state index in [0.717, 1.165) is 35.7 Å². The van der Waals surface area contributed by atoms with Crippen LogP contribution in [-0.4, -0.2) is 12.2 Å². The van der Waals surface area contributed by atoms with Gasteiger partial charge >= 0.3 is 0 Å². The van der Waals surface area contributed by atoms with Gasteiger partial charge in [-0.15, -0.1) is 0 Å². The van der Waals surface area contributed by atoms with Crippen molar-refractivity contribution in [3.63, 3.8) is 0 Å². The zero-order chi connectivity index (χ0) is 11.8. The molecule has 4 heteroatoms. The SMILES string of the molecule is COc1ccc(Br)c(C2(N)CCCC2)c1O. The van der Waals surface area contributed by atoms with Gasteiger partial charge in [0, 0.05) is 15.6 Å². The van der Waals surface area contributed by atoms with E-state index in [1.165, 1.54) is 0 Å². The monoisotopic (exact) mass is 285 g/mol. The standard InChI is InChI=1S/C12H16BrNO2/c1-16-9-5-4-8(13)10(11(9)15)12(14)6-2-3-7-12/h4-5,15H,2-3,6-7,14H2,1H3. The lowest BCUT2D eigenvalue weighted by Gasteiger charge is -2.27. The molecule has 1 aromatic rings. The van der Waals surface area contributed by atoms with Gasteiger partial charge < -0.3 is 15.6 Å². The van der Waals surface area contributed by atoms with E-state index < -0.39 is 5.54 Å². The summed E-state index contributed by atoms with van der Waals surface area (Å²) in [5, 5.41) is 10.2. The minimum Gasteiger partial charge on any atom is -0.504 e. The van der Waals surface area contributed by atoms with Crippen LogP contribution in [0.2, 0.25) is 0 Å². The zero-order valence-electron chi connectivity index (χ0n) is 9.29. The highest BCUT2D eigenvalue weighted by Crippen LogP contribution is 2.46. The molecule has 0 heterocycles. The van der Waals surface area contributed by atoms with Gasteiger partial charge in [-0.05, 0) is 25.0 Å². The summed E-state index contributed by atoms with van der Waals surface area (Å²) in [6.07, 6.45) is 4.04. The normalized spacial score (nSPS) is 18.7. The molecule has 1 aromatic carbocycles. The molecule has 1 fully saturated rings. The number of phenolic OH excluding ortho intramolecular Hbond substituents is 1. The van der Waals surface area contributed by atoms with Crippen LogP contribution in [0.5, 0.6) is 11.5 Å². The molecular formula is C12H16BrNO2. The van der Waals surface area contributed by atoms with Gasteiger partial charge in [-0.2, -0.15) is 0 Å². The Morgan fingerprint density at radius 3 is 2.56 bits per heavy atom. The zero-order valence-corrected chi connectivity index (χ0v) is 10.9. The number of methoxy groups -OCH3 is 1. The van der Waals surface area contributed by atoms with E-state index in [1.54, 1.807) is 13.2 Å². The molecule has 0 aromatic heterocycles. The number of ether oxygens (including phenoxy) is 1. The molecule has 0 bridgehead atoms. The van der Waals surface area contributed by atoms with Crippen molar-refractivity contribution < 1.29 is 9.84 Å². The van der Waals surface area contributed by atoms with Crippen molar-refractivity contribution >= 4 is 15.9 Å². The van der Waals surface area contributed by atoms with Crippen LogP contribution in [0.1, 0.15) is 31.2 Å². The third-order valence-corrected chi connectivity index (χ3v) is 3.96. The first-order valence-corrected chi connectivity index (χ1v) is 6.22. The first kappa shape index (κ1) is 11.7. The van der Waals surface area contributed by atoms with E-state index in [9.17, 15) is 5.11 Å².